The molecule has 2 atom stereocenters. The predicted molar refractivity (Wildman–Crippen MR) is 105 cm³/mol. The Labute approximate surface area is 172 Å². The highest BCUT2D eigenvalue weighted by Crippen LogP contribution is 2.21. The highest BCUT2D eigenvalue weighted by Gasteiger charge is 2.31. The lowest BCUT2D eigenvalue weighted by molar-refractivity contribution is -0.384. The van der Waals surface area contributed by atoms with Crippen molar-refractivity contribution in [3.05, 3.63) is 75.8 Å². The Balaban J connectivity index is 1.53. The van der Waals surface area contributed by atoms with Gasteiger partial charge in [-0.15, -0.1) is 0 Å². The summed E-state index contributed by atoms with van der Waals surface area (Å²) in [7, 11) is 0. The summed E-state index contributed by atoms with van der Waals surface area (Å²) in [4.78, 5) is 36.1. The lowest BCUT2D eigenvalue weighted by Crippen LogP contribution is -2.33. The monoisotopic (exact) mass is 416 g/mol. The number of halogens is 1. The van der Waals surface area contributed by atoms with E-state index in [0.29, 0.717) is 0 Å². The molecule has 0 radical (unpaired) electrons. The summed E-state index contributed by atoms with van der Waals surface area (Å²) in [6.07, 6.45) is -2.86. The summed E-state index contributed by atoms with van der Waals surface area (Å²) < 4.78 is 25.0. The third-order valence-electron chi connectivity index (χ3n) is 4.80. The zero-order valence-electron chi connectivity index (χ0n) is 16.1. The number of non-ortho nitro benzene ring substituents is 1. The molecule has 158 valence electrons. The summed E-state index contributed by atoms with van der Waals surface area (Å²) in [5.41, 5.74) is 0.782. The molecule has 9 heteroatoms. The molecule has 0 aliphatic carbocycles. The number of carbonyl (C=O) groups excluding carboxylic acids is 2. The minimum Gasteiger partial charge on any atom is -0.456 e. The van der Waals surface area contributed by atoms with Crippen molar-refractivity contribution in [1.82, 2.24) is 4.90 Å². The number of ether oxygens (including phenoxy) is 2. The van der Waals surface area contributed by atoms with Gasteiger partial charge in [0, 0.05) is 31.6 Å². The van der Waals surface area contributed by atoms with E-state index in [1.807, 2.05) is 30.3 Å². The first kappa shape index (κ1) is 21.2. The Morgan fingerprint density at radius 1 is 1.07 bits per heavy atom. The lowest BCUT2D eigenvalue weighted by Gasteiger charge is -2.20. The number of alkyl halides is 1. The number of rotatable bonds is 5. The number of benzene rings is 2. The van der Waals surface area contributed by atoms with Crippen LogP contribution in [0.15, 0.2) is 54.6 Å². The zero-order chi connectivity index (χ0) is 21.5. The van der Waals surface area contributed by atoms with Crippen LogP contribution in [0.3, 0.4) is 0 Å². The first-order valence-corrected chi connectivity index (χ1v) is 9.49. The molecule has 8 nitrogen and oxygen atoms in total. The van der Waals surface area contributed by atoms with E-state index < -0.39 is 29.3 Å². The lowest BCUT2D eigenvalue weighted by atomic mass is 10.1. The Kier molecular flexibility index (Phi) is 6.95. The number of carbonyl (C=O) groups is 2. The molecular weight excluding hydrogens is 395 g/mol. The fourth-order valence-corrected chi connectivity index (χ4v) is 3.09. The van der Waals surface area contributed by atoms with Crippen molar-refractivity contribution in [2.45, 2.75) is 31.7 Å². The summed E-state index contributed by atoms with van der Waals surface area (Å²) in [5, 5.41) is 10.7. The standard InChI is InChI=1S/C21H21FN2O6/c22-18-10-12-23(21(26)29-14-15-4-2-1-3-5-15)13-11-19(18)30-20(25)16-6-8-17(9-7-16)24(27)28/h1-9,18-19H,10-14H2/t18-,19?/m0/s1. The van der Waals surface area contributed by atoms with Crippen LogP contribution in [-0.2, 0) is 16.1 Å². The second kappa shape index (κ2) is 9.82. The van der Waals surface area contributed by atoms with E-state index in [-0.39, 0.29) is 43.8 Å². The quantitative estimate of drug-likeness (QED) is 0.417. The van der Waals surface area contributed by atoms with E-state index >= 15 is 0 Å². The van der Waals surface area contributed by atoms with Gasteiger partial charge >= 0.3 is 12.1 Å². The zero-order valence-corrected chi connectivity index (χ0v) is 16.1. The van der Waals surface area contributed by atoms with Gasteiger partial charge in [0.05, 0.1) is 10.5 Å². The number of nitro groups is 1. The van der Waals surface area contributed by atoms with Gasteiger partial charge in [0.15, 0.2) is 0 Å². The van der Waals surface area contributed by atoms with E-state index in [4.69, 9.17) is 9.47 Å². The van der Waals surface area contributed by atoms with Crippen LogP contribution in [0.25, 0.3) is 0 Å². The van der Waals surface area contributed by atoms with Gasteiger partial charge in [0.1, 0.15) is 18.9 Å². The molecule has 0 N–H and O–H groups in total. The van der Waals surface area contributed by atoms with Crippen LogP contribution < -0.4 is 0 Å². The minimum atomic E-state index is -1.43. The van der Waals surface area contributed by atoms with Gasteiger partial charge in [0.2, 0.25) is 0 Å². The first-order valence-electron chi connectivity index (χ1n) is 9.49. The number of hydrogen-bond acceptors (Lipinski definition) is 6. The SMILES string of the molecule is O=C(OC1CCN(C(=O)OCc2ccccc2)CC[C@@H]1F)c1ccc([N+](=O)[O-])cc1. The van der Waals surface area contributed by atoms with Gasteiger partial charge in [-0.2, -0.15) is 0 Å². The maximum absolute atomic E-state index is 14.5. The molecule has 1 amide bonds. The molecule has 1 fully saturated rings. The van der Waals surface area contributed by atoms with Crippen molar-refractivity contribution in [3.63, 3.8) is 0 Å². The van der Waals surface area contributed by atoms with Gasteiger partial charge in [-0.25, -0.2) is 14.0 Å². The number of nitro benzene ring substituents is 1. The van der Waals surface area contributed by atoms with E-state index in [1.54, 1.807) is 0 Å². The Morgan fingerprint density at radius 2 is 1.73 bits per heavy atom. The molecule has 0 bridgehead atoms. The predicted octanol–water partition coefficient (Wildman–Crippen LogP) is 3.89. The largest absolute Gasteiger partial charge is 0.456 e. The van der Waals surface area contributed by atoms with Crippen molar-refractivity contribution in [2.75, 3.05) is 13.1 Å². The molecule has 1 aliphatic rings. The topological polar surface area (TPSA) is 99.0 Å². The Hall–Kier alpha value is -3.49. The maximum atomic E-state index is 14.5. The summed E-state index contributed by atoms with van der Waals surface area (Å²) in [6.45, 7) is 0.459. The highest BCUT2D eigenvalue weighted by molar-refractivity contribution is 5.89. The van der Waals surface area contributed by atoms with Crippen LogP contribution in [0.5, 0.6) is 0 Å². The average Bonchev–Trinajstić information content (AvgIpc) is 2.94. The van der Waals surface area contributed by atoms with Gasteiger partial charge in [0.25, 0.3) is 5.69 Å². The number of amides is 1. The molecule has 0 spiro atoms. The van der Waals surface area contributed by atoms with Crippen molar-refractivity contribution < 1.29 is 28.4 Å². The van der Waals surface area contributed by atoms with E-state index in [9.17, 15) is 24.1 Å². The summed E-state index contributed by atoms with van der Waals surface area (Å²) >= 11 is 0. The first-order chi connectivity index (χ1) is 14.4. The third kappa shape index (κ3) is 5.53. The van der Waals surface area contributed by atoms with E-state index in [1.165, 1.54) is 29.2 Å². The highest BCUT2D eigenvalue weighted by atomic mass is 19.1. The van der Waals surface area contributed by atoms with Crippen molar-refractivity contribution in [3.8, 4) is 0 Å². The second-order valence-electron chi connectivity index (χ2n) is 6.87. The molecule has 0 saturated carbocycles. The number of esters is 1. The average molecular weight is 416 g/mol. The van der Waals surface area contributed by atoms with E-state index in [2.05, 4.69) is 0 Å². The molecular formula is C21H21FN2O6. The van der Waals surface area contributed by atoms with Crippen LogP contribution >= 0.6 is 0 Å². The van der Waals surface area contributed by atoms with Gasteiger partial charge in [-0.05, 0) is 24.1 Å². The molecule has 2 aromatic carbocycles. The van der Waals surface area contributed by atoms with Crippen LogP contribution in [0.2, 0.25) is 0 Å². The molecule has 1 heterocycles. The smallest absolute Gasteiger partial charge is 0.410 e. The number of hydrogen-bond donors (Lipinski definition) is 0. The second-order valence-corrected chi connectivity index (χ2v) is 6.87. The van der Waals surface area contributed by atoms with Crippen molar-refractivity contribution in [2.24, 2.45) is 0 Å². The normalized spacial score (nSPS) is 18.9. The Bertz CT molecular complexity index is 890. The van der Waals surface area contributed by atoms with Crippen molar-refractivity contribution in [1.29, 1.82) is 0 Å². The minimum absolute atomic E-state index is 0.0125. The fraction of sp³-hybridized carbons (Fsp3) is 0.333. The van der Waals surface area contributed by atoms with Crippen LogP contribution in [-0.4, -0.2) is 47.3 Å². The third-order valence-corrected chi connectivity index (χ3v) is 4.80. The number of nitrogens with zero attached hydrogens (tertiary/aromatic N) is 2. The maximum Gasteiger partial charge on any atom is 0.410 e. The molecule has 30 heavy (non-hydrogen) atoms. The summed E-state index contributed by atoms with van der Waals surface area (Å²) in [6, 6.07) is 14.1. The molecule has 1 unspecified atom stereocenters. The Morgan fingerprint density at radius 3 is 2.40 bits per heavy atom. The fourth-order valence-electron chi connectivity index (χ4n) is 3.09. The molecule has 1 aliphatic heterocycles. The van der Waals surface area contributed by atoms with Gasteiger partial charge < -0.3 is 14.4 Å². The molecule has 3 rings (SSSR count). The molecule has 1 saturated heterocycles. The van der Waals surface area contributed by atoms with Crippen molar-refractivity contribution >= 4 is 17.7 Å². The summed E-state index contributed by atoms with van der Waals surface area (Å²) in [5.74, 6) is -0.766. The van der Waals surface area contributed by atoms with E-state index in [0.717, 1.165) is 5.56 Å². The van der Waals surface area contributed by atoms with Gasteiger partial charge in [-0.1, -0.05) is 30.3 Å². The van der Waals surface area contributed by atoms with Crippen LogP contribution in [0, 0.1) is 10.1 Å². The van der Waals surface area contributed by atoms with Gasteiger partial charge in [-0.3, -0.25) is 10.1 Å². The van der Waals surface area contributed by atoms with Crippen LogP contribution in [0.4, 0.5) is 14.9 Å². The molecule has 2 aromatic rings. The van der Waals surface area contributed by atoms with Crippen LogP contribution in [0.1, 0.15) is 28.8 Å². The number of likely N-dealkylation sites (tertiary alicyclic amines) is 1. The molecule has 0 aromatic heterocycles.